The van der Waals surface area contributed by atoms with Crippen molar-refractivity contribution in [2.45, 2.75) is 351 Å². The van der Waals surface area contributed by atoms with E-state index in [0.29, 0.717) is 6.42 Å². The number of allylic oxidation sites excluding steroid dienone is 1. The molecule has 14 nitrogen and oxygen atoms in total. The van der Waals surface area contributed by atoms with Gasteiger partial charge in [-0.1, -0.05) is 270 Å². The zero-order chi connectivity index (χ0) is 54.6. The molecule has 2 aliphatic rings. The molecule has 0 saturated carbocycles. The Morgan fingerprint density at radius 3 is 1.21 bits per heavy atom. The fraction of sp³-hybridized carbons (Fsp3) is 0.951. The fourth-order valence-corrected chi connectivity index (χ4v) is 10.6. The van der Waals surface area contributed by atoms with Gasteiger partial charge in [0.05, 0.1) is 32.0 Å². The van der Waals surface area contributed by atoms with Gasteiger partial charge in [0.25, 0.3) is 0 Å². The third-order valence-corrected chi connectivity index (χ3v) is 15.7. The number of unbranched alkanes of at least 4 members (excludes halogenated alkanes) is 38. The topological polar surface area (TPSA) is 228 Å². The van der Waals surface area contributed by atoms with Crippen molar-refractivity contribution < 1.29 is 64.6 Å². The molecule has 2 rings (SSSR count). The van der Waals surface area contributed by atoms with Crippen LogP contribution in [0.2, 0.25) is 0 Å². The summed E-state index contributed by atoms with van der Waals surface area (Å²) in [5, 5.41) is 86.2. The minimum Gasteiger partial charge on any atom is -0.394 e. The third-order valence-electron chi connectivity index (χ3n) is 15.7. The van der Waals surface area contributed by atoms with Gasteiger partial charge in [0, 0.05) is 6.42 Å². The van der Waals surface area contributed by atoms with Gasteiger partial charge in [0.2, 0.25) is 5.91 Å². The first kappa shape index (κ1) is 69.8. The summed E-state index contributed by atoms with van der Waals surface area (Å²) in [5.74, 6) is -0.243. The number of aliphatic hydroxyl groups is 8. The molecule has 0 aliphatic carbocycles. The molecule has 14 heteroatoms. The highest BCUT2D eigenvalue weighted by Crippen LogP contribution is 2.30. The highest BCUT2D eigenvalue weighted by Gasteiger charge is 2.51. The van der Waals surface area contributed by atoms with Crippen molar-refractivity contribution in [1.82, 2.24) is 5.32 Å². The van der Waals surface area contributed by atoms with Gasteiger partial charge in [0.15, 0.2) is 12.6 Å². The van der Waals surface area contributed by atoms with E-state index in [0.717, 1.165) is 38.5 Å². The predicted molar refractivity (Wildman–Crippen MR) is 300 cm³/mol. The molecule has 0 bridgehead atoms. The van der Waals surface area contributed by atoms with Crippen LogP contribution in [0, 0.1) is 0 Å². The van der Waals surface area contributed by atoms with Crippen molar-refractivity contribution in [2.75, 3.05) is 19.8 Å². The number of hydrogen-bond donors (Lipinski definition) is 9. The van der Waals surface area contributed by atoms with E-state index in [4.69, 9.17) is 18.9 Å². The molecule has 75 heavy (non-hydrogen) atoms. The summed E-state index contributed by atoms with van der Waals surface area (Å²) in [4.78, 5) is 13.1. The van der Waals surface area contributed by atoms with Crippen molar-refractivity contribution in [3.63, 3.8) is 0 Å². The Labute approximate surface area is 456 Å². The Balaban J connectivity index is 1.45. The number of ether oxygens (including phenoxy) is 4. The molecule has 1 amide bonds. The second-order valence-corrected chi connectivity index (χ2v) is 22.6. The Hall–Kier alpha value is -1.27. The number of amides is 1. The van der Waals surface area contributed by atoms with Gasteiger partial charge in [-0.15, -0.1) is 0 Å². The highest BCUT2D eigenvalue weighted by atomic mass is 16.7. The Morgan fingerprint density at radius 1 is 0.467 bits per heavy atom. The zero-order valence-corrected chi connectivity index (χ0v) is 47.8. The quantitative estimate of drug-likeness (QED) is 0.0204. The van der Waals surface area contributed by atoms with Gasteiger partial charge in [-0.25, -0.2) is 0 Å². The number of carbonyl (C=O) groups excluding carboxylic acids is 1. The molecule has 2 fully saturated rings. The summed E-state index contributed by atoms with van der Waals surface area (Å²) in [6, 6.07) is -0.906. The lowest BCUT2D eigenvalue weighted by molar-refractivity contribution is -0.359. The number of aliphatic hydroxyl groups excluding tert-OH is 8. The first-order chi connectivity index (χ1) is 36.6. The van der Waals surface area contributed by atoms with E-state index in [2.05, 4.69) is 19.2 Å². The average Bonchev–Trinajstić information content (AvgIpc) is 3.41. The molecular weight excluding hydrogens is 955 g/mol. The van der Waals surface area contributed by atoms with E-state index in [9.17, 15) is 45.6 Å². The molecule has 12 atom stereocenters. The maximum atomic E-state index is 13.1. The van der Waals surface area contributed by atoms with Crippen LogP contribution in [0.15, 0.2) is 12.2 Å². The van der Waals surface area contributed by atoms with Crippen molar-refractivity contribution in [3.8, 4) is 0 Å². The van der Waals surface area contributed by atoms with Crippen LogP contribution in [0.5, 0.6) is 0 Å². The molecule has 0 aromatic rings. The van der Waals surface area contributed by atoms with Gasteiger partial charge in [0.1, 0.15) is 48.8 Å². The van der Waals surface area contributed by atoms with E-state index < -0.39 is 86.8 Å². The molecular formula is C61H117NO13. The van der Waals surface area contributed by atoms with Crippen molar-refractivity contribution >= 4 is 5.91 Å². The molecule has 2 heterocycles. The van der Waals surface area contributed by atoms with Crippen LogP contribution in [-0.4, -0.2) is 140 Å². The first-order valence-electron chi connectivity index (χ1n) is 31.4. The van der Waals surface area contributed by atoms with E-state index in [1.54, 1.807) is 6.08 Å². The van der Waals surface area contributed by atoms with E-state index >= 15 is 0 Å². The molecule has 12 unspecified atom stereocenters. The van der Waals surface area contributed by atoms with Crippen molar-refractivity contribution in [1.29, 1.82) is 0 Å². The van der Waals surface area contributed by atoms with Gasteiger partial charge >= 0.3 is 0 Å². The van der Waals surface area contributed by atoms with Crippen LogP contribution >= 0.6 is 0 Å². The van der Waals surface area contributed by atoms with E-state index in [1.807, 2.05) is 6.08 Å². The van der Waals surface area contributed by atoms with Gasteiger partial charge < -0.3 is 65.1 Å². The van der Waals surface area contributed by atoms with Crippen molar-refractivity contribution in [2.24, 2.45) is 0 Å². The predicted octanol–water partition coefficient (Wildman–Crippen LogP) is 11.1. The molecule has 9 N–H and O–H groups in total. The van der Waals surface area contributed by atoms with E-state index in [-0.39, 0.29) is 18.9 Å². The molecule has 2 aliphatic heterocycles. The zero-order valence-electron chi connectivity index (χ0n) is 47.8. The van der Waals surface area contributed by atoms with Gasteiger partial charge in [-0.3, -0.25) is 4.79 Å². The Morgan fingerprint density at radius 2 is 0.827 bits per heavy atom. The van der Waals surface area contributed by atoms with E-state index in [1.165, 1.54) is 212 Å². The van der Waals surface area contributed by atoms with Crippen LogP contribution in [0.4, 0.5) is 0 Å². The molecule has 444 valence electrons. The smallest absolute Gasteiger partial charge is 0.220 e. The standard InChI is InChI=1S/C61H117NO13/c1-3-5-7-9-10-11-12-13-14-15-16-17-18-19-20-21-22-23-24-25-26-27-28-29-30-31-32-33-34-35-36-37-38-39-40-41-43-45-53(66)62-49(50(65)44-42-8-6-4-2)48-72-60-58(71)56(69)59(52(47-64)74-60)75-61-57(70)55(68)54(67)51(46-63)73-61/h42,44,49-52,54-61,63-65,67-71H,3-41,43,45-48H2,1-2H3,(H,62,66)/b44-42+. The lowest BCUT2D eigenvalue weighted by atomic mass is 9.97. The SMILES string of the molecule is CCCC/C=C/C(O)C(COC1OC(CO)C(OC2OC(CO)C(O)C(O)C2O)C(O)C1O)NC(=O)CCCCCCCCCCCCCCCCCCCCCCCCCCCCCCCCCCCCCCC. The fourth-order valence-electron chi connectivity index (χ4n) is 10.6. The van der Waals surface area contributed by atoms with Crippen LogP contribution in [-0.2, 0) is 23.7 Å². The Kier molecular flexibility index (Phi) is 44.3. The largest absolute Gasteiger partial charge is 0.394 e. The number of nitrogens with one attached hydrogen (secondary N) is 1. The summed E-state index contributed by atoms with van der Waals surface area (Å²) in [6.07, 6.45) is 39.8. The molecule has 2 saturated heterocycles. The minimum absolute atomic E-state index is 0.243. The van der Waals surface area contributed by atoms with Gasteiger partial charge in [-0.2, -0.15) is 0 Å². The third kappa shape index (κ3) is 33.2. The van der Waals surface area contributed by atoms with Crippen LogP contribution < -0.4 is 5.32 Å². The maximum Gasteiger partial charge on any atom is 0.220 e. The summed E-state index contributed by atoms with van der Waals surface area (Å²) in [6.45, 7) is 2.65. The van der Waals surface area contributed by atoms with Crippen molar-refractivity contribution in [3.05, 3.63) is 12.2 Å². The number of hydrogen-bond acceptors (Lipinski definition) is 13. The molecule has 0 aromatic heterocycles. The van der Waals surface area contributed by atoms with Crippen LogP contribution in [0.1, 0.15) is 277 Å². The second kappa shape index (κ2) is 47.5. The highest BCUT2D eigenvalue weighted by molar-refractivity contribution is 5.76. The first-order valence-corrected chi connectivity index (χ1v) is 31.4. The lowest BCUT2D eigenvalue weighted by Crippen LogP contribution is -2.65. The summed E-state index contributed by atoms with van der Waals surface area (Å²) in [7, 11) is 0. The number of rotatable bonds is 51. The van der Waals surface area contributed by atoms with Crippen LogP contribution in [0.25, 0.3) is 0 Å². The van der Waals surface area contributed by atoms with Gasteiger partial charge in [-0.05, 0) is 12.8 Å². The molecule has 0 radical (unpaired) electrons. The number of carbonyl (C=O) groups is 1. The average molecular weight is 1070 g/mol. The molecule has 0 aromatic carbocycles. The summed E-state index contributed by atoms with van der Waals surface area (Å²) >= 11 is 0. The minimum atomic E-state index is -1.78. The molecule has 0 spiro atoms. The summed E-state index contributed by atoms with van der Waals surface area (Å²) < 4.78 is 22.6. The second-order valence-electron chi connectivity index (χ2n) is 22.6. The lowest BCUT2D eigenvalue weighted by Gasteiger charge is -2.46. The monoisotopic (exact) mass is 1070 g/mol. The summed E-state index contributed by atoms with van der Waals surface area (Å²) in [5.41, 5.74) is 0. The Bertz CT molecular complexity index is 1310. The maximum absolute atomic E-state index is 13.1. The van der Waals surface area contributed by atoms with Crippen LogP contribution in [0.3, 0.4) is 0 Å². The normalized spacial score (nSPS) is 25.0.